The zero-order valence-electron chi connectivity index (χ0n) is 13.4. The quantitative estimate of drug-likeness (QED) is 0.799. The summed E-state index contributed by atoms with van der Waals surface area (Å²) in [6.45, 7) is 0.916. The molecule has 1 amide bonds. The number of sulfone groups is 1. The topological polar surface area (TPSA) is 89.3 Å². The van der Waals surface area contributed by atoms with Crippen LogP contribution in [0.15, 0.2) is 35.4 Å². The van der Waals surface area contributed by atoms with Gasteiger partial charge in [0.25, 0.3) is 5.56 Å². The first-order valence-corrected chi connectivity index (χ1v) is 9.72. The van der Waals surface area contributed by atoms with Gasteiger partial charge in [-0.05, 0) is 18.6 Å². The molecule has 0 saturated carbocycles. The minimum Gasteiger partial charge on any atom is -0.341 e. The number of hydrogen-bond acceptors (Lipinski definition) is 5. The van der Waals surface area contributed by atoms with Gasteiger partial charge in [0, 0.05) is 32.3 Å². The highest BCUT2D eigenvalue weighted by molar-refractivity contribution is 7.91. The Labute approximate surface area is 139 Å². The van der Waals surface area contributed by atoms with Crippen molar-refractivity contribution in [1.29, 1.82) is 0 Å². The van der Waals surface area contributed by atoms with E-state index in [0.29, 0.717) is 23.9 Å². The maximum atomic E-state index is 12.4. The van der Waals surface area contributed by atoms with E-state index in [9.17, 15) is 18.0 Å². The van der Waals surface area contributed by atoms with Gasteiger partial charge < -0.3 is 4.90 Å². The van der Waals surface area contributed by atoms with Crippen LogP contribution in [0.25, 0.3) is 10.9 Å². The second kappa shape index (κ2) is 6.35. The highest BCUT2D eigenvalue weighted by Crippen LogP contribution is 2.17. The second-order valence-electron chi connectivity index (χ2n) is 6.09. The van der Waals surface area contributed by atoms with E-state index in [1.165, 1.54) is 17.2 Å². The van der Waals surface area contributed by atoms with Gasteiger partial charge in [-0.25, -0.2) is 13.4 Å². The van der Waals surface area contributed by atoms with Gasteiger partial charge in [0.2, 0.25) is 5.91 Å². The Bertz CT molecular complexity index is 936. The Morgan fingerprint density at radius 3 is 2.79 bits per heavy atom. The molecule has 2 heterocycles. The van der Waals surface area contributed by atoms with E-state index in [4.69, 9.17) is 0 Å². The minimum absolute atomic E-state index is 0.138. The van der Waals surface area contributed by atoms with Crippen molar-refractivity contribution in [1.82, 2.24) is 14.5 Å². The molecule has 1 aromatic carbocycles. The summed E-state index contributed by atoms with van der Waals surface area (Å²) < 4.78 is 24.5. The predicted octanol–water partition coefficient (Wildman–Crippen LogP) is 0.432. The van der Waals surface area contributed by atoms with Crippen LogP contribution in [0.4, 0.5) is 0 Å². The SMILES string of the molecule is CS(=O)(=O)C1CCN(C(=O)CCn2cnc3ccccc3c2=O)C1. The molecule has 2 aromatic rings. The van der Waals surface area contributed by atoms with Crippen molar-refractivity contribution in [2.24, 2.45) is 0 Å². The maximum Gasteiger partial charge on any atom is 0.261 e. The lowest BCUT2D eigenvalue weighted by molar-refractivity contribution is -0.130. The van der Waals surface area contributed by atoms with Gasteiger partial charge in [0.1, 0.15) is 0 Å². The molecular weight excluding hydrogens is 330 g/mol. The number of carbonyl (C=O) groups is 1. The highest BCUT2D eigenvalue weighted by Gasteiger charge is 2.32. The minimum atomic E-state index is -3.13. The molecule has 1 atom stereocenters. The first-order chi connectivity index (χ1) is 11.4. The maximum absolute atomic E-state index is 12.4. The molecule has 1 unspecified atom stereocenters. The summed E-state index contributed by atoms with van der Waals surface area (Å²) in [5.74, 6) is -0.138. The Morgan fingerprint density at radius 2 is 2.08 bits per heavy atom. The van der Waals surface area contributed by atoms with E-state index in [2.05, 4.69) is 4.98 Å². The van der Waals surface area contributed by atoms with Crippen LogP contribution in [-0.2, 0) is 21.2 Å². The van der Waals surface area contributed by atoms with Crippen molar-refractivity contribution in [2.75, 3.05) is 19.3 Å². The first-order valence-electron chi connectivity index (χ1n) is 7.77. The molecule has 0 aliphatic carbocycles. The van der Waals surface area contributed by atoms with Gasteiger partial charge in [-0.3, -0.25) is 14.2 Å². The number of nitrogens with zero attached hydrogens (tertiary/aromatic N) is 3. The lowest BCUT2D eigenvalue weighted by Gasteiger charge is -2.16. The number of aromatic nitrogens is 2. The number of fused-ring (bicyclic) bond motifs is 1. The van der Waals surface area contributed by atoms with Crippen molar-refractivity contribution in [3.8, 4) is 0 Å². The molecule has 0 radical (unpaired) electrons. The van der Waals surface area contributed by atoms with E-state index in [-0.39, 0.29) is 31.0 Å². The molecule has 1 saturated heterocycles. The summed E-state index contributed by atoms with van der Waals surface area (Å²) >= 11 is 0. The number of aryl methyl sites for hydroxylation is 1. The Kier molecular flexibility index (Phi) is 4.40. The largest absolute Gasteiger partial charge is 0.341 e. The summed E-state index contributed by atoms with van der Waals surface area (Å²) in [7, 11) is -3.13. The number of amides is 1. The number of hydrogen-bond donors (Lipinski definition) is 0. The molecule has 24 heavy (non-hydrogen) atoms. The van der Waals surface area contributed by atoms with Crippen molar-refractivity contribution in [2.45, 2.75) is 24.6 Å². The number of likely N-dealkylation sites (tertiary alicyclic amines) is 1. The van der Waals surface area contributed by atoms with Gasteiger partial charge in [-0.1, -0.05) is 12.1 Å². The van der Waals surface area contributed by atoms with Gasteiger partial charge in [0.05, 0.1) is 22.5 Å². The van der Waals surface area contributed by atoms with Crippen LogP contribution in [0.5, 0.6) is 0 Å². The third-order valence-corrected chi connectivity index (χ3v) is 6.00. The zero-order valence-corrected chi connectivity index (χ0v) is 14.2. The molecule has 1 aliphatic rings. The average molecular weight is 349 g/mol. The average Bonchev–Trinajstić information content (AvgIpc) is 3.04. The molecule has 1 aromatic heterocycles. The molecular formula is C16H19N3O4S. The fourth-order valence-electron chi connectivity index (χ4n) is 2.94. The Morgan fingerprint density at radius 1 is 1.33 bits per heavy atom. The van der Waals surface area contributed by atoms with Crippen molar-refractivity contribution >= 4 is 26.6 Å². The van der Waals surface area contributed by atoms with Crippen LogP contribution >= 0.6 is 0 Å². The van der Waals surface area contributed by atoms with Crippen molar-refractivity contribution < 1.29 is 13.2 Å². The molecule has 0 N–H and O–H groups in total. The van der Waals surface area contributed by atoms with Gasteiger partial charge >= 0.3 is 0 Å². The monoisotopic (exact) mass is 349 g/mol. The van der Waals surface area contributed by atoms with E-state index in [0.717, 1.165) is 0 Å². The van der Waals surface area contributed by atoms with Crippen molar-refractivity contribution in [3.63, 3.8) is 0 Å². The van der Waals surface area contributed by atoms with E-state index in [1.807, 2.05) is 6.07 Å². The van der Waals surface area contributed by atoms with Crippen LogP contribution < -0.4 is 5.56 Å². The fraction of sp³-hybridized carbons (Fsp3) is 0.438. The van der Waals surface area contributed by atoms with Gasteiger partial charge in [-0.15, -0.1) is 0 Å². The van der Waals surface area contributed by atoms with Crippen LogP contribution in [0.2, 0.25) is 0 Å². The van der Waals surface area contributed by atoms with Gasteiger partial charge in [0.15, 0.2) is 9.84 Å². The summed E-state index contributed by atoms with van der Waals surface area (Å²) in [4.78, 5) is 30.4. The van der Waals surface area contributed by atoms with Crippen LogP contribution in [0, 0.1) is 0 Å². The third kappa shape index (κ3) is 3.33. The normalized spacial score (nSPS) is 18.2. The Balaban J connectivity index is 1.67. The summed E-state index contributed by atoms with van der Waals surface area (Å²) in [6, 6.07) is 7.06. The van der Waals surface area contributed by atoms with E-state index in [1.54, 1.807) is 23.1 Å². The lowest BCUT2D eigenvalue weighted by Crippen LogP contribution is -2.33. The van der Waals surface area contributed by atoms with E-state index >= 15 is 0 Å². The molecule has 0 spiro atoms. The Hall–Kier alpha value is -2.22. The van der Waals surface area contributed by atoms with Crippen LogP contribution in [0.1, 0.15) is 12.8 Å². The molecule has 1 fully saturated rings. The fourth-order valence-corrected chi connectivity index (χ4v) is 3.93. The summed E-state index contributed by atoms with van der Waals surface area (Å²) in [5.41, 5.74) is 0.449. The number of para-hydroxylation sites is 1. The number of benzene rings is 1. The summed E-state index contributed by atoms with van der Waals surface area (Å²) in [6.07, 6.45) is 3.27. The molecule has 7 nitrogen and oxygen atoms in total. The van der Waals surface area contributed by atoms with Crippen molar-refractivity contribution in [3.05, 3.63) is 40.9 Å². The lowest BCUT2D eigenvalue weighted by atomic mass is 10.2. The predicted molar refractivity (Wildman–Crippen MR) is 90.4 cm³/mol. The molecule has 128 valence electrons. The smallest absolute Gasteiger partial charge is 0.261 e. The summed E-state index contributed by atoms with van der Waals surface area (Å²) in [5, 5.41) is 0.0391. The second-order valence-corrected chi connectivity index (χ2v) is 8.42. The van der Waals surface area contributed by atoms with E-state index < -0.39 is 15.1 Å². The molecule has 3 rings (SSSR count). The highest BCUT2D eigenvalue weighted by atomic mass is 32.2. The third-order valence-electron chi connectivity index (χ3n) is 4.40. The first kappa shape index (κ1) is 16.6. The van der Waals surface area contributed by atoms with Gasteiger partial charge in [-0.2, -0.15) is 0 Å². The molecule has 0 bridgehead atoms. The van der Waals surface area contributed by atoms with Crippen LogP contribution in [-0.4, -0.2) is 53.4 Å². The number of rotatable bonds is 4. The van der Waals surface area contributed by atoms with Crippen LogP contribution in [0.3, 0.4) is 0 Å². The molecule has 8 heteroatoms. The zero-order chi connectivity index (χ0) is 17.3. The molecule has 1 aliphatic heterocycles. The standard InChI is InChI=1S/C16H19N3O4S/c1-24(22,23)12-6-8-18(10-12)15(20)7-9-19-11-17-14-5-3-2-4-13(14)16(19)21/h2-5,11-12H,6-10H2,1H3. The number of carbonyl (C=O) groups excluding carboxylic acids is 1.